The second-order valence-corrected chi connectivity index (χ2v) is 3.28. The van der Waals surface area contributed by atoms with Gasteiger partial charge >= 0.3 is 12.1 Å². The molecular weight excluding hydrogens is 174 g/mol. The van der Waals surface area contributed by atoms with E-state index in [9.17, 15) is 9.59 Å². The molecule has 0 saturated heterocycles. The zero-order chi connectivity index (χ0) is 11.1. The second kappa shape index (κ2) is 6.28. The molecule has 0 atom stereocenters. The zero-order valence-electron chi connectivity index (χ0n) is 8.46. The van der Waals surface area contributed by atoms with Crippen LogP contribution in [0.1, 0.15) is 34.1 Å². The van der Waals surface area contributed by atoms with E-state index in [1.807, 2.05) is 0 Å². The van der Waals surface area contributed by atoms with Crippen molar-refractivity contribution in [2.45, 2.75) is 39.7 Å². The van der Waals surface area contributed by atoms with Gasteiger partial charge in [-0.1, -0.05) is 6.92 Å². The number of hydrogen-bond donors (Lipinski definition) is 2. The minimum atomic E-state index is -0.745. The van der Waals surface area contributed by atoms with E-state index in [1.165, 1.54) is 0 Å². The van der Waals surface area contributed by atoms with E-state index in [2.05, 4.69) is 4.74 Å². The lowest BCUT2D eigenvalue weighted by molar-refractivity contribution is -0.136. The lowest BCUT2D eigenvalue weighted by Gasteiger charge is -2.16. The van der Waals surface area contributed by atoms with Gasteiger partial charge in [-0.2, -0.15) is 0 Å². The van der Waals surface area contributed by atoms with E-state index in [0.717, 1.165) is 0 Å². The molecule has 5 nitrogen and oxygen atoms in total. The van der Waals surface area contributed by atoms with E-state index >= 15 is 0 Å². The van der Waals surface area contributed by atoms with Crippen LogP contribution in [0.15, 0.2) is 0 Å². The first-order valence-corrected chi connectivity index (χ1v) is 3.89. The number of primary amides is 1. The molecule has 0 heterocycles. The molecule has 1 amide bonds. The van der Waals surface area contributed by atoms with Gasteiger partial charge in [0.05, 0.1) is 0 Å². The van der Waals surface area contributed by atoms with Crippen LogP contribution in [-0.4, -0.2) is 22.8 Å². The lowest BCUT2D eigenvalue weighted by Crippen LogP contribution is -2.27. The zero-order valence-corrected chi connectivity index (χ0v) is 8.46. The summed E-state index contributed by atoms with van der Waals surface area (Å²) in [5.41, 5.74) is 4.26. The largest absolute Gasteiger partial charge is 0.481 e. The maximum absolute atomic E-state index is 10.0. The third kappa shape index (κ3) is 24.9. The molecule has 13 heavy (non-hydrogen) atoms. The fraction of sp³-hybridized carbons (Fsp3) is 0.750. The smallest absolute Gasteiger partial charge is 0.405 e. The highest BCUT2D eigenvalue weighted by molar-refractivity contribution is 5.66. The number of amides is 1. The molecule has 5 heteroatoms. The Hall–Kier alpha value is -1.26. The Bertz CT molecular complexity index is 171. The van der Waals surface area contributed by atoms with Gasteiger partial charge in [0, 0.05) is 6.42 Å². The van der Waals surface area contributed by atoms with Crippen molar-refractivity contribution in [2.24, 2.45) is 5.73 Å². The van der Waals surface area contributed by atoms with Crippen molar-refractivity contribution in [3.63, 3.8) is 0 Å². The van der Waals surface area contributed by atoms with Crippen LogP contribution in [-0.2, 0) is 9.53 Å². The number of aliphatic carboxylic acids is 1. The first-order valence-electron chi connectivity index (χ1n) is 3.89. The maximum atomic E-state index is 10.0. The topological polar surface area (TPSA) is 89.6 Å². The number of carbonyl (C=O) groups excluding carboxylic acids is 1. The number of ether oxygens (including phenoxy) is 1. The molecular formula is C8H17NO4. The highest BCUT2D eigenvalue weighted by Crippen LogP contribution is 2.04. The lowest BCUT2D eigenvalue weighted by atomic mass is 10.2. The van der Waals surface area contributed by atoms with Crippen LogP contribution in [0.5, 0.6) is 0 Å². The Morgan fingerprint density at radius 3 is 1.69 bits per heavy atom. The fourth-order valence-corrected chi connectivity index (χ4v) is 0.302. The van der Waals surface area contributed by atoms with Crippen molar-refractivity contribution in [1.29, 1.82) is 0 Å². The third-order valence-corrected chi connectivity index (χ3v) is 0.709. The Kier molecular flexibility index (Phi) is 6.89. The van der Waals surface area contributed by atoms with Gasteiger partial charge in [-0.3, -0.25) is 4.79 Å². The van der Waals surface area contributed by atoms with Crippen LogP contribution < -0.4 is 5.73 Å². The van der Waals surface area contributed by atoms with Crippen LogP contribution >= 0.6 is 0 Å². The van der Waals surface area contributed by atoms with Crippen molar-refractivity contribution in [1.82, 2.24) is 0 Å². The molecule has 3 N–H and O–H groups in total. The highest BCUT2D eigenvalue weighted by Gasteiger charge is 2.12. The number of rotatable bonds is 1. The van der Waals surface area contributed by atoms with Gasteiger partial charge < -0.3 is 15.6 Å². The summed E-state index contributed by atoms with van der Waals surface area (Å²) < 4.78 is 4.58. The molecule has 0 aliphatic carbocycles. The Morgan fingerprint density at radius 1 is 1.38 bits per heavy atom. The number of carbonyl (C=O) groups is 2. The van der Waals surface area contributed by atoms with Crippen LogP contribution in [0.4, 0.5) is 4.79 Å². The summed E-state index contributed by atoms with van der Waals surface area (Å²) in [5.74, 6) is -0.745. The van der Waals surface area contributed by atoms with E-state index in [-0.39, 0.29) is 6.42 Å². The molecule has 0 spiro atoms. The number of nitrogens with two attached hydrogens (primary N) is 1. The van der Waals surface area contributed by atoms with Crippen molar-refractivity contribution < 1.29 is 19.4 Å². The number of carboxylic acids is 1. The van der Waals surface area contributed by atoms with Gasteiger partial charge in [0.15, 0.2) is 0 Å². The average Bonchev–Trinajstić information content (AvgIpc) is 1.83. The van der Waals surface area contributed by atoms with Gasteiger partial charge in [-0.05, 0) is 20.8 Å². The van der Waals surface area contributed by atoms with Crippen molar-refractivity contribution >= 4 is 12.1 Å². The molecule has 0 saturated carbocycles. The van der Waals surface area contributed by atoms with Gasteiger partial charge in [0.25, 0.3) is 0 Å². The molecule has 0 bridgehead atoms. The van der Waals surface area contributed by atoms with Crippen LogP contribution in [0, 0.1) is 0 Å². The monoisotopic (exact) mass is 191 g/mol. The molecule has 0 rings (SSSR count). The minimum Gasteiger partial charge on any atom is -0.481 e. The van der Waals surface area contributed by atoms with Crippen LogP contribution in [0.25, 0.3) is 0 Å². The molecule has 0 aromatic carbocycles. The third-order valence-electron chi connectivity index (χ3n) is 0.709. The normalized spacial score (nSPS) is 9.54. The Balaban J connectivity index is 0. The molecule has 78 valence electrons. The summed E-state index contributed by atoms with van der Waals surface area (Å²) in [4.78, 5) is 19.4. The van der Waals surface area contributed by atoms with E-state index < -0.39 is 17.7 Å². The number of carboxylic acid groups (broad SMARTS) is 1. The Morgan fingerprint density at radius 2 is 1.69 bits per heavy atom. The van der Waals surface area contributed by atoms with Gasteiger partial charge in [0.1, 0.15) is 5.60 Å². The standard InChI is InChI=1S/C5H11NO2.C3H6O2/c1-5(2,3)8-4(6)7;1-2-3(4)5/h1-3H3,(H2,6,7);2H2,1H3,(H,4,5). The van der Waals surface area contributed by atoms with Gasteiger partial charge in [0.2, 0.25) is 0 Å². The van der Waals surface area contributed by atoms with Gasteiger partial charge in [-0.15, -0.1) is 0 Å². The summed E-state index contributed by atoms with van der Waals surface area (Å²) >= 11 is 0. The molecule has 0 aliphatic heterocycles. The molecule has 0 aromatic heterocycles. The summed E-state index contributed by atoms with van der Waals surface area (Å²) in [6.07, 6.45) is -0.502. The van der Waals surface area contributed by atoms with E-state index in [0.29, 0.717) is 0 Å². The molecule has 0 unspecified atom stereocenters. The summed E-state index contributed by atoms with van der Waals surface area (Å²) in [6, 6.07) is 0. The maximum Gasteiger partial charge on any atom is 0.405 e. The minimum absolute atomic E-state index is 0.222. The Labute approximate surface area is 77.9 Å². The molecule has 0 aliphatic rings. The summed E-state index contributed by atoms with van der Waals surface area (Å²) in [5, 5.41) is 7.72. The molecule has 0 fully saturated rings. The highest BCUT2D eigenvalue weighted by atomic mass is 16.6. The predicted octanol–water partition coefficient (Wildman–Crippen LogP) is 1.36. The van der Waals surface area contributed by atoms with E-state index in [1.54, 1.807) is 27.7 Å². The van der Waals surface area contributed by atoms with Crippen molar-refractivity contribution in [2.75, 3.05) is 0 Å². The number of hydrogen-bond acceptors (Lipinski definition) is 3. The van der Waals surface area contributed by atoms with Crippen molar-refractivity contribution in [3.8, 4) is 0 Å². The summed E-state index contributed by atoms with van der Waals surface area (Å²) in [7, 11) is 0. The summed E-state index contributed by atoms with van der Waals surface area (Å²) in [6.45, 7) is 6.88. The first-order chi connectivity index (χ1) is 5.69. The average molecular weight is 191 g/mol. The first kappa shape index (κ1) is 14.3. The molecule has 0 radical (unpaired) electrons. The van der Waals surface area contributed by atoms with Crippen LogP contribution in [0.2, 0.25) is 0 Å². The van der Waals surface area contributed by atoms with Crippen molar-refractivity contribution in [3.05, 3.63) is 0 Å². The molecule has 0 aromatic rings. The predicted molar refractivity (Wildman–Crippen MR) is 48.3 cm³/mol. The fourth-order valence-electron chi connectivity index (χ4n) is 0.302. The quantitative estimate of drug-likeness (QED) is 0.654. The second-order valence-electron chi connectivity index (χ2n) is 3.28. The van der Waals surface area contributed by atoms with Crippen LogP contribution in [0.3, 0.4) is 0 Å². The van der Waals surface area contributed by atoms with E-state index in [4.69, 9.17) is 10.8 Å². The van der Waals surface area contributed by atoms with Gasteiger partial charge in [-0.25, -0.2) is 4.79 Å². The SMILES string of the molecule is CC(C)(C)OC(N)=O.CCC(=O)O.